The Kier molecular flexibility index (Phi) is 4.22. The van der Waals surface area contributed by atoms with Gasteiger partial charge in [-0.05, 0) is 30.2 Å². The van der Waals surface area contributed by atoms with Gasteiger partial charge in [0, 0.05) is 4.47 Å². The number of hydrogen-bond donors (Lipinski definition) is 0. The average molecular weight is 247 g/mol. The molecule has 0 aliphatic carbocycles. The topological polar surface area (TPSA) is 9.23 Å². The molecule has 0 N–H and O–H groups in total. The number of aryl methyl sites for hydroxylation is 1. The highest BCUT2D eigenvalue weighted by molar-refractivity contribution is 9.10. The number of halogens is 2. The second kappa shape index (κ2) is 5.22. The van der Waals surface area contributed by atoms with E-state index in [9.17, 15) is 4.39 Å². The Hall–Kier alpha value is -0.570. The summed E-state index contributed by atoms with van der Waals surface area (Å²) in [5.74, 6) is 0.726. The molecule has 0 fully saturated rings. The first-order valence-electron chi connectivity index (χ1n) is 4.24. The van der Waals surface area contributed by atoms with Crippen molar-refractivity contribution in [3.8, 4) is 5.75 Å². The minimum Gasteiger partial charge on any atom is -0.491 e. The molecular weight excluding hydrogens is 235 g/mol. The van der Waals surface area contributed by atoms with E-state index in [1.54, 1.807) is 0 Å². The molecule has 1 nitrogen and oxygen atoms in total. The second-order valence-corrected chi connectivity index (χ2v) is 3.60. The van der Waals surface area contributed by atoms with Gasteiger partial charge in [-0.2, -0.15) is 0 Å². The van der Waals surface area contributed by atoms with Gasteiger partial charge in [0.05, 0.1) is 0 Å². The molecule has 3 heteroatoms. The van der Waals surface area contributed by atoms with Crippen molar-refractivity contribution in [2.45, 2.75) is 13.3 Å². The van der Waals surface area contributed by atoms with Crippen molar-refractivity contribution in [3.63, 3.8) is 0 Å². The molecule has 0 amide bonds. The molecule has 0 aliphatic heterocycles. The zero-order valence-corrected chi connectivity index (χ0v) is 9.10. The molecule has 0 atom stereocenters. The van der Waals surface area contributed by atoms with Crippen molar-refractivity contribution in [1.29, 1.82) is 0 Å². The number of rotatable bonds is 4. The van der Waals surface area contributed by atoms with E-state index in [2.05, 4.69) is 22.9 Å². The van der Waals surface area contributed by atoms with Crippen molar-refractivity contribution < 1.29 is 9.13 Å². The minimum absolute atomic E-state index is 0.125. The van der Waals surface area contributed by atoms with E-state index >= 15 is 0 Å². The van der Waals surface area contributed by atoms with E-state index in [4.69, 9.17) is 4.74 Å². The van der Waals surface area contributed by atoms with Gasteiger partial charge in [-0.25, -0.2) is 4.39 Å². The van der Waals surface area contributed by atoms with Crippen LogP contribution in [0.1, 0.15) is 12.5 Å². The molecule has 0 unspecified atom stereocenters. The highest BCUT2D eigenvalue weighted by Gasteiger charge is 1.98. The van der Waals surface area contributed by atoms with Crippen molar-refractivity contribution in [2.75, 3.05) is 13.3 Å². The zero-order chi connectivity index (χ0) is 9.68. The summed E-state index contributed by atoms with van der Waals surface area (Å²) < 4.78 is 18.0. The fourth-order valence-electron chi connectivity index (χ4n) is 1.06. The summed E-state index contributed by atoms with van der Waals surface area (Å²) in [5, 5.41) is 0. The Bertz CT molecular complexity index is 276. The molecule has 1 aromatic rings. The summed E-state index contributed by atoms with van der Waals surface area (Å²) in [4.78, 5) is 0. The van der Waals surface area contributed by atoms with Crippen molar-refractivity contribution in [1.82, 2.24) is 0 Å². The average Bonchev–Trinajstić information content (AvgIpc) is 2.14. The smallest absolute Gasteiger partial charge is 0.123 e. The van der Waals surface area contributed by atoms with Crippen LogP contribution in [0.4, 0.5) is 4.39 Å². The molecule has 0 aromatic heterocycles. The summed E-state index contributed by atoms with van der Waals surface area (Å²) >= 11 is 3.37. The summed E-state index contributed by atoms with van der Waals surface area (Å²) in [6.07, 6.45) is 0.950. The normalized spacial score (nSPS) is 10.1. The van der Waals surface area contributed by atoms with E-state index in [1.165, 1.54) is 5.56 Å². The second-order valence-electron chi connectivity index (χ2n) is 2.69. The Labute approximate surface area is 86.0 Å². The van der Waals surface area contributed by atoms with Gasteiger partial charge in [-0.15, -0.1) is 0 Å². The van der Waals surface area contributed by atoms with E-state index in [0.717, 1.165) is 16.6 Å². The number of hydrogen-bond acceptors (Lipinski definition) is 1. The van der Waals surface area contributed by atoms with Crippen molar-refractivity contribution >= 4 is 15.9 Å². The van der Waals surface area contributed by atoms with Crippen LogP contribution in [0.3, 0.4) is 0 Å². The van der Waals surface area contributed by atoms with Gasteiger partial charge in [0.25, 0.3) is 0 Å². The first kappa shape index (κ1) is 10.5. The molecule has 0 spiro atoms. The van der Waals surface area contributed by atoms with Gasteiger partial charge in [0.2, 0.25) is 0 Å². The van der Waals surface area contributed by atoms with Crippen molar-refractivity contribution in [3.05, 3.63) is 28.2 Å². The Morgan fingerprint density at radius 1 is 1.38 bits per heavy atom. The van der Waals surface area contributed by atoms with Crippen molar-refractivity contribution in [2.24, 2.45) is 0 Å². The lowest BCUT2D eigenvalue weighted by molar-refractivity contribution is 0.273. The molecule has 0 saturated carbocycles. The highest BCUT2D eigenvalue weighted by atomic mass is 79.9. The summed E-state index contributed by atoms with van der Waals surface area (Å²) in [6, 6.07) is 5.80. The fourth-order valence-corrected chi connectivity index (χ4v) is 1.58. The van der Waals surface area contributed by atoms with Crippen LogP contribution in [0, 0.1) is 0 Å². The largest absolute Gasteiger partial charge is 0.491 e. The lowest BCUT2D eigenvalue weighted by Crippen LogP contribution is -1.99. The van der Waals surface area contributed by atoms with Crippen LogP contribution >= 0.6 is 15.9 Å². The quantitative estimate of drug-likeness (QED) is 0.792. The molecule has 0 aliphatic rings. The Balaban J connectivity index is 2.76. The molecule has 1 rings (SSSR count). The molecule has 72 valence electrons. The lowest BCUT2D eigenvalue weighted by atomic mass is 10.2. The molecule has 0 heterocycles. The standard InChI is InChI=1S/C10H12BrFO/c1-2-8-5-9(11)7-10(6-8)13-4-3-12/h5-7H,2-4H2,1H3. The third-order valence-corrected chi connectivity index (χ3v) is 2.14. The maximum atomic E-state index is 11.8. The highest BCUT2D eigenvalue weighted by Crippen LogP contribution is 2.21. The van der Waals surface area contributed by atoms with Gasteiger partial charge < -0.3 is 4.74 Å². The molecule has 0 bridgehead atoms. The minimum atomic E-state index is -0.450. The first-order chi connectivity index (χ1) is 6.26. The predicted octanol–water partition coefficient (Wildman–Crippen LogP) is 3.36. The van der Waals surface area contributed by atoms with Crippen LogP contribution in [0.15, 0.2) is 22.7 Å². The number of benzene rings is 1. The van der Waals surface area contributed by atoms with Crippen LogP contribution in [-0.4, -0.2) is 13.3 Å². The lowest BCUT2D eigenvalue weighted by Gasteiger charge is -2.06. The van der Waals surface area contributed by atoms with Crippen LogP contribution in [0.5, 0.6) is 5.75 Å². The van der Waals surface area contributed by atoms with E-state index in [1.807, 2.05) is 18.2 Å². The van der Waals surface area contributed by atoms with Crippen LogP contribution < -0.4 is 4.74 Å². The van der Waals surface area contributed by atoms with E-state index in [0.29, 0.717) is 0 Å². The maximum absolute atomic E-state index is 11.8. The molecule has 0 radical (unpaired) electrons. The van der Waals surface area contributed by atoms with Crippen LogP contribution in [0.25, 0.3) is 0 Å². The zero-order valence-electron chi connectivity index (χ0n) is 7.52. The SMILES string of the molecule is CCc1cc(Br)cc(OCCF)c1. The molecular formula is C10H12BrFO. The third kappa shape index (κ3) is 3.35. The summed E-state index contributed by atoms with van der Waals surface area (Å²) in [6.45, 7) is 1.74. The van der Waals surface area contributed by atoms with E-state index in [-0.39, 0.29) is 6.61 Å². The van der Waals surface area contributed by atoms with E-state index < -0.39 is 6.67 Å². The number of ether oxygens (including phenoxy) is 1. The van der Waals surface area contributed by atoms with Crippen LogP contribution in [0.2, 0.25) is 0 Å². The number of alkyl halides is 1. The van der Waals surface area contributed by atoms with Gasteiger partial charge in [-0.1, -0.05) is 22.9 Å². The Morgan fingerprint density at radius 3 is 2.77 bits per heavy atom. The summed E-state index contributed by atoms with van der Waals surface area (Å²) in [5.41, 5.74) is 1.18. The summed E-state index contributed by atoms with van der Waals surface area (Å²) in [7, 11) is 0. The maximum Gasteiger partial charge on any atom is 0.123 e. The molecule has 13 heavy (non-hydrogen) atoms. The fraction of sp³-hybridized carbons (Fsp3) is 0.400. The molecule has 1 aromatic carbocycles. The monoisotopic (exact) mass is 246 g/mol. The van der Waals surface area contributed by atoms with Gasteiger partial charge in [0.15, 0.2) is 0 Å². The predicted molar refractivity (Wildman–Crippen MR) is 55.0 cm³/mol. The van der Waals surface area contributed by atoms with Gasteiger partial charge in [0.1, 0.15) is 19.0 Å². The third-order valence-electron chi connectivity index (χ3n) is 1.69. The Morgan fingerprint density at radius 2 is 2.15 bits per heavy atom. The molecule has 0 saturated heterocycles. The van der Waals surface area contributed by atoms with Gasteiger partial charge in [-0.3, -0.25) is 0 Å². The first-order valence-corrected chi connectivity index (χ1v) is 5.03. The van der Waals surface area contributed by atoms with Crippen LogP contribution in [-0.2, 0) is 6.42 Å². The van der Waals surface area contributed by atoms with Gasteiger partial charge >= 0.3 is 0 Å².